The SMILES string of the molecule is CNc1nccc(C(=O)NC(C)c2ccc(C)s2)c1F. The lowest BCUT2D eigenvalue weighted by molar-refractivity contribution is 0.0936. The summed E-state index contributed by atoms with van der Waals surface area (Å²) < 4.78 is 14.0. The van der Waals surface area contributed by atoms with Crippen molar-refractivity contribution in [2.75, 3.05) is 12.4 Å². The van der Waals surface area contributed by atoms with Crippen LogP contribution in [0.3, 0.4) is 0 Å². The summed E-state index contributed by atoms with van der Waals surface area (Å²) in [6.07, 6.45) is 1.41. The van der Waals surface area contributed by atoms with Crippen LogP contribution in [0.1, 0.15) is 33.1 Å². The number of aryl methyl sites for hydroxylation is 1. The number of anilines is 1. The molecule has 0 aliphatic carbocycles. The van der Waals surface area contributed by atoms with Crippen LogP contribution in [0.25, 0.3) is 0 Å². The van der Waals surface area contributed by atoms with Crippen molar-refractivity contribution in [3.8, 4) is 0 Å². The number of thiophene rings is 1. The monoisotopic (exact) mass is 293 g/mol. The maximum atomic E-state index is 14.0. The van der Waals surface area contributed by atoms with Crippen molar-refractivity contribution in [2.45, 2.75) is 19.9 Å². The quantitative estimate of drug-likeness (QED) is 0.910. The zero-order valence-electron chi connectivity index (χ0n) is 11.5. The third kappa shape index (κ3) is 2.96. The van der Waals surface area contributed by atoms with Gasteiger partial charge in [0.25, 0.3) is 5.91 Å². The smallest absolute Gasteiger partial charge is 0.254 e. The van der Waals surface area contributed by atoms with Crippen LogP contribution in [-0.2, 0) is 0 Å². The minimum absolute atomic E-state index is 0.00974. The summed E-state index contributed by atoms with van der Waals surface area (Å²) >= 11 is 1.61. The fourth-order valence-electron chi connectivity index (χ4n) is 1.83. The van der Waals surface area contributed by atoms with Crippen molar-refractivity contribution in [3.63, 3.8) is 0 Å². The van der Waals surface area contributed by atoms with Crippen molar-refractivity contribution in [1.82, 2.24) is 10.3 Å². The van der Waals surface area contributed by atoms with Crippen LogP contribution >= 0.6 is 11.3 Å². The Morgan fingerprint density at radius 1 is 1.40 bits per heavy atom. The van der Waals surface area contributed by atoms with Gasteiger partial charge in [0.2, 0.25) is 0 Å². The Kier molecular flexibility index (Phi) is 4.34. The molecular weight excluding hydrogens is 277 g/mol. The van der Waals surface area contributed by atoms with E-state index in [0.29, 0.717) is 0 Å². The molecule has 0 aliphatic heterocycles. The summed E-state index contributed by atoms with van der Waals surface area (Å²) in [4.78, 5) is 18.2. The third-order valence-electron chi connectivity index (χ3n) is 2.91. The summed E-state index contributed by atoms with van der Waals surface area (Å²) in [6.45, 7) is 3.88. The number of aromatic nitrogens is 1. The number of amides is 1. The van der Waals surface area contributed by atoms with Gasteiger partial charge in [0.05, 0.1) is 11.6 Å². The van der Waals surface area contributed by atoms with Crippen LogP contribution < -0.4 is 10.6 Å². The van der Waals surface area contributed by atoms with Gasteiger partial charge in [0, 0.05) is 23.0 Å². The Bertz CT molecular complexity index is 627. The molecule has 2 aromatic rings. The number of rotatable bonds is 4. The van der Waals surface area contributed by atoms with Crippen LogP contribution in [0.5, 0.6) is 0 Å². The maximum absolute atomic E-state index is 14.0. The van der Waals surface area contributed by atoms with E-state index in [4.69, 9.17) is 0 Å². The van der Waals surface area contributed by atoms with Gasteiger partial charge >= 0.3 is 0 Å². The van der Waals surface area contributed by atoms with Crippen LogP contribution in [0.2, 0.25) is 0 Å². The highest BCUT2D eigenvalue weighted by molar-refractivity contribution is 7.12. The zero-order chi connectivity index (χ0) is 14.7. The standard InChI is InChI=1S/C14H16FN3OS/c1-8-4-5-11(20-8)9(2)18-14(19)10-6-7-17-13(16-3)12(10)15/h4-7,9H,1-3H3,(H,16,17)(H,18,19). The summed E-state index contributed by atoms with van der Waals surface area (Å²) in [5.74, 6) is -1.01. The maximum Gasteiger partial charge on any atom is 0.254 e. The number of halogens is 1. The Morgan fingerprint density at radius 2 is 2.15 bits per heavy atom. The molecule has 20 heavy (non-hydrogen) atoms. The molecule has 1 amide bonds. The van der Waals surface area contributed by atoms with E-state index in [2.05, 4.69) is 15.6 Å². The lowest BCUT2D eigenvalue weighted by atomic mass is 10.2. The van der Waals surface area contributed by atoms with Crippen LogP contribution in [0.4, 0.5) is 10.2 Å². The first kappa shape index (κ1) is 14.5. The molecule has 2 aromatic heterocycles. The zero-order valence-corrected chi connectivity index (χ0v) is 12.3. The molecule has 0 aromatic carbocycles. The van der Waals surface area contributed by atoms with Crippen LogP contribution in [0.15, 0.2) is 24.4 Å². The average molecular weight is 293 g/mol. The van der Waals surface area contributed by atoms with Crippen molar-refractivity contribution in [1.29, 1.82) is 0 Å². The number of nitrogens with one attached hydrogen (secondary N) is 2. The van der Waals surface area contributed by atoms with Gasteiger partial charge in [-0.05, 0) is 32.0 Å². The van der Waals surface area contributed by atoms with Crippen LogP contribution in [-0.4, -0.2) is 17.9 Å². The van der Waals surface area contributed by atoms with Gasteiger partial charge in [0.15, 0.2) is 11.6 Å². The lowest BCUT2D eigenvalue weighted by Gasteiger charge is -2.13. The molecule has 2 N–H and O–H groups in total. The molecule has 1 atom stereocenters. The Labute approximate surface area is 121 Å². The fourth-order valence-corrected chi connectivity index (χ4v) is 2.70. The number of pyridine rings is 1. The van der Waals surface area contributed by atoms with Crippen molar-refractivity contribution in [2.24, 2.45) is 0 Å². The molecule has 0 bridgehead atoms. The second kappa shape index (κ2) is 6.00. The topological polar surface area (TPSA) is 54.0 Å². The van der Waals surface area contributed by atoms with E-state index in [9.17, 15) is 9.18 Å². The molecule has 6 heteroatoms. The first-order valence-corrected chi connectivity index (χ1v) is 7.04. The highest BCUT2D eigenvalue weighted by atomic mass is 32.1. The van der Waals surface area contributed by atoms with Crippen LogP contribution in [0, 0.1) is 12.7 Å². The molecule has 2 heterocycles. The van der Waals surface area contributed by atoms with E-state index in [1.165, 1.54) is 17.1 Å². The molecule has 0 spiro atoms. The minimum Gasteiger partial charge on any atom is -0.371 e. The van der Waals surface area contributed by atoms with E-state index in [0.717, 1.165) is 4.88 Å². The van der Waals surface area contributed by atoms with Gasteiger partial charge < -0.3 is 10.6 Å². The molecule has 1 unspecified atom stereocenters. The Hall–Kier alpha value is -1.95. The second-order valence-corrected chi connectivity index (χ2v) is 5.73. The third-order valence-corrected chi connectivity index (χ3v) is 4.09. The number of carbonyl (C=O) groups excluding carboxylic acids is 1. The molecule has 0 radical (unpaired) electrons. The van der Waals surface area contributed by atoms with E-state index < -0.39 is 11.7 Å². The largest absolute Gasteiger partial charge is 0.371 e. The Morgan fingerprint density at radius 3 is 2.75 bits per heavy atom. The molecule has 4 nitrogen and oxygen atoms in total. The number of nitrogens with zero attached hydrogens (tertiary/aromatic N) is 1. The second-order valence-electron chi connectivity index (χ2n) is 4.41. The van der Waals surface area contributed by atoms with Gasteiger partial charge in [-0.15, -0.1) is 11.3 Å². The number of hydrogen-bond acceptors (Lipinski definition) is 4. The van der Waals surface area contributed by atoms with Gasteiger partial charge in [-0.1, -0.05) is 0 Å². The lowest BCUT2D eigenvalue weighted by Crippen LogP contribution is -2.27. The molecule has 0 fully saturated rings. The highest BCUT2D eigenvalue weighted by Crippen LogP contribution is 2.23. The fraction of sp³-hybridized carbons (Fsp3) is 0.286. The van der Waals surface area contributed by atoms with Gasteiger partial charge in [-0.2, -0.15) is 0 Å². The minimum atomic E-state index is -0.637. The first-order valence-electron chi connectivity index (χ1n) is 6.22. The van der Waals surface area contributed by atoms with Gasteiger partial charge in [-0.3, -0.25) is 4.79 Å². The predicted octanol–water partition coefficient (Wildman–Crippen LogP) is 3.12. The summed E-state index contributed by atoms with van der Waals surface area (Å²) in [5.41, 5.74) is -0.00974. The van der Waals surface area contributed by atoms with Gasteiger partial charge in [0.1, 0.15) is 0 Å². The molecule has 0 aliphatic rings. The Balaban J connectivity index is 2.16. The average Bonchev–Trinajstić information content (AvgIpc) is 2.85. The molecule has 0 saturated heterocycles. The van der Waals surface area contributed by atoms with E-state index in [-0.39, 0.29) is 17.4 Å². The van der Waals surface area contributed by atoms with Crippen molar-refractivity contribution >= 4 is 23.1 Å². The van der Waals surface area contributed by atoms with Gasteiger partial charge in [-0.25, -0.2) is 9.37 Å². The van der Waals surface area contributed by atoms with Crippen molar-refractivity contribution < 1.29 is 9.18 Å². The number of hydrogen-bond donors (Lipinski definition) is 2. The summed E-state index contributed by atoms with van der Waals surface area (Å²) in [6, 6.07) is 5.17. The number of carbonyl (C=O) groups is 1. The molecule has 2 rings (SSSR count). The summed E-state index contributed by atoms with van der Waals surface area (Å²) in [7, 11) is 1.56. The van der Waals surface area contributed by atoms with Crippen molar-refractivity contribution in [3.05, 3.63) is 45.5 Å². The first-order chi connectivity index (χ1) is 9.52. The normalized spacial score (nSPS) is 12.0. The van der Waals surface area contributed by atoms with E-state index in [1.54, 1.807) is 18.4 Å². The molecule has 0 saturated carbocycles. The summed E-state index contributed by atoms with van der Waals surface area (Å²) in [5, 5.41) is 5.41. The predicted molar refractivity (Wildman–Crippen MR) is 78.7 cm³/mol. The van der Waals surface area contributed by atoms with E-state index >= 15 is 0 Å². The molecular formula is C14H16FN3OS. The molecule has 106 valence electrons. The van der Waals surface area contributed by atoms with E-state index in [1.807, 2.05) is 26.0 Å². The highest BCUT2D eigenvalue weighted by Gasteiger charge is 2.18.